The zero-order valence-corrected chi connectivity index (χ0v) is 8.97. The van der Waals surface area contributed by atoms with Crippen LogP contribution >= 0.6 is 0 Å². The number of para-hydroxylation sites is 1. The second kappa shape index (κ2) is 5.17. The quantitative estimate of drug-likeness (QED) is 0.739. The molecule has 0 amide bonds. The van der Waals surface area contributed by atoms with Crippen molar-refractivity contribution in [2.24, 2.45) is 0 Å². The molecule has 0 N–H and O–H groups in total. The Morgan fingerprint density at radius 1 is 0.875 bits per heavy atom. The van der Waals surface area contributed by atoms with Crippen LogP contribution in [0.15, 0.2) is 60.7 Å². The lowest BCUT2D eigenvalue weighted by Gasteiger charge is -2.05. The summed E-state index contributed by atoms with van der Waals surface area (Å²) >= 11 is 0. The van der Waals surface area contributed by atoms with Crippen LogP contribution in [0, 0.1) is 6.58 Å². The van der Waals surface area contributed by atoms with Crippen molar-refractivity contribution in [1.82, 2.24) is 0 Å². The van der Waals surface area contributed by atoms with Gasteiger partial charge in [-0.2, -0.15) is 0 Å². The largest absolute Gasteiger partial charge is 0.457 e. The Hall–Kier alpha value is -2.02. The van der Waals surface area contributed by atoms with Crippen LogP contribution in [0.5, 0.6) is 11.5 Å². The van der Waals surface area contributed by atoms with Gasteiger partial charge in [-0.3, -0.25) is 0 Å². The van der Waals surface area contributed by atoms with E-state index < -0.39 is 0 Å². The molecular weight excluding hydrogens is 196 g/mol. The van der Waals surface area contributed by atoms with Gasteiger partial charge in [0.15, 0.2) is 0 Å². The highest BCUT2D eigenvalue weighted by Crippen LogP contribution is 2.21. The van der Waals surface area contributed by atoms with Crippen molar-refractivity contribution < 1.29 is 4.74 Å². The Labute approximate surface area is 96.0 Å². The molecule has 0 aliphatic rings. The van der Waals surface area contributed by atoms with Crippen molar-refractivity contribution in [2.45, 2.75) is 6.42 Å². The lowest BCUT2D eigenvalue weighted by atomic mass is 10.1. The van der Waals surface area contributed by atoms with E-state index in [9.17, 15) is 0 Å². The summed E-state index contributed by atoms with van der Waals surface area (Å²) in [5.41, 5.74) is 1.18. The highest BCUT2D eigenvalue weighted by molar-refractivity contribution is 5.33. The van der Waals surface area contributed by atoms with Crippen LogP contribution in [0.2, 0.25) is 0 Å². The first kappa shape index (κ1) is 10.5. The smallest absolute Gasteiger partial charge is 0.127 e. The van der Waals surface area contributed by atoms with Gasteiger partial charge in [0.25, 0.3) is 0 Å². The lowest BCUT2D eigenvalue weighted by molar-refractivity contribution is 0.482. The molecule has 1 radical (unpaired) electrons. The summed E-state index contributed by atoms with van der Waals surface area (Å²) < 4.78 is 5.67. The molecule has 0 saturated carbocycles. The minimum absolute atomic E-state index is 0.783. The number of hydrogen-bond donors (Lipinski definition) is 0. The molecule has 0 aromatic heterocycles. The van der Waals surface area contributed by atoms with E-state index in [0.29, 0.717) is 0 Å². The van der Waals surface area contributed by atoms with Crippen molar-refractivity contribution in [3.05, 3.63) is 72.8 Å². The number of rotatable bonds is 4. The molecule has 16 heavy (non-hydrogen) atoms. The number of allylic oxidation sites excluding steroid dienone is 1. The van der Waals surface area contributed by atoms with E-state index in [4.69, 9.17) is 11.3 Å². The van der Waals surface area contributed by atoms with E-state index in [2.05, 4.69) is 0 Å². The minimum Gasteiger partial charge on any atom is -0.457 e. The Bertz CT molecular complexity index is 443. The first-order valence-electron chi connectivity index (χ1n) is 5.24. The van der Waals surface area contributed by atoms with Crippen LogP contribution in [0.3, 0.4) is 0 Å². The van der Waals surface area contributed by atoms with Crippen LogP contribution in [0.1, 0.15) is 5.56 Å². The summed E-state index contributed by atoms with van der Waals surface area (Å²) in [6.45, 7) is 5.37. The highest BCUT2D eigenvalue weighted by Gasteiger charge is 1.96. The Balaban J connectivity index is 2.08. The molecular formula is C15H13O. The molecule has 1 heteroatoms. The van der Waals surface area contributed by atoms with Gasteiger partial charge in [-0.1, -0.05) is 43.0 Å². The van der Waals surface area contributed by atoms with Gasteiger partial charge in [0.05, 0.1) is 0 Å². The summed E-state index contributed by atoms with van der Waals surface area (Å²) in [4.78, 5) is 0. The van der Waals surface area contributed by atoms with Gasteiger partial charge in [-0.25, -0.2) is 0 Å². The molecule has 0 saturated heterocycles. The first-order chi connectivity index (χ1) is 7.88. The van der Waals surface area contributed by atoms with Gasteiger partial charge in [-0.15, -0.1) is 0 Å². The lowest BCUT2D eigenvalue weighted by Crippen LogP contribution is -1.85. The molecule has 2 aromatic carbocycles. The van der Waals surface area contributed by atoms with E-state index >= 15 is 0 Å². The van der Waals surface area contributed by atoms with Gasteiger partial charge in [0.1, 0.15) is 11.5 Å². The van der Waals surface area contributed by atoms with Gasteiger partial charge in [-0.05, 0) is 36.2 Å². The fourth-order valence-electron chi connectivity index (χ4n) is 1.45. The topological polar surface area (TPSA) is 9.23 Å². The Kier molecular flexibility index (Phi) is 3.39. The molecule has 0 bridgehead atoms. The number of hydrogen-bond acceptors (Lipinski definition) is 1. The zero-order valence-electron chi connectivity index (χ0n) is 8.97. The second-order valence-corrected chi connectivity index (χ2v) is 3.50. The van der Waals surface area contributed by atoms with Crippen LogP contribution in [0.4, 0.5) is 0 Å². The highest BCUT2D eigenvalue weighted by atomic mass is 16.5. The summed E-state index contributed by atoms with van der Waals surface area (Å²) in [5.74, 6) is 1.69. The average Bonchev–Trinajstić information content (AvgIpc) is 2.33. The monoisotopic (exact) mass is 209 g/mol. The second-order valence-electron chi connectivity index (χ2n) is 3.50. The summed E-state index contributed by atoms with van der Waals surface area (Å²) in [7, 11) is 0. The average molecular weight is 209 g/mol. The molecule has 0 unspecified atom stereocenters. The van der Waals surface area contributed by atoms with Gasteiger partial charge in [0, 0.05) is 0 Å². The maximum absolute atomic E-state index is 5.67. The molecule has 0 fully saturated rings. The molecule has 79 valence electrons. The van der Waals surface area contributed by atoms with E-state index in [0.717, 1.165) is 17.9 Å². The minimum atomic E-state index is 0.783. The summed E-state index contributed by atoms with van der Waals surface area (Å²) in [5, 5.41) is 0. The van der Waals surface area contributed by atoms with E-state index in [1.54, 1.807) is 6.08 Å². The fourth-order valence-corrected chi connectivity index (χ4v) is 1.45. The van der Waals surface area contributed by atoms with Gasteiger partial charge < -0.3 is 4.74 Å². The third-order valence-corrected chi connectivity index (χ3v) is 2.26. The molecule has 2 aromatic rings. The Morgan fingerprint density at radius 3 is 2.12 bits per heavy atom. The van der Waals surface area contributed by atoms with E-state index in [1.807, 2.05) is 54.6 Å². The zero-order chi connectivity index (χ0) is 11.2. The maximum atomic E-state index is 5.67. The van der Waals surface area contributed by atoms with Crippen molar-refractivity contribution in [1.29, 1.82) is 0 Å². The van der Waals surface area contributed by atoms with Gasteiger partial charge in [0.2, 0.25) is 0 Å². The number of ether oxygens (including phenoxy) is 1. The normalized spacial score (nSPS) is 9.75. The molecule has 0 aliphatic heterocycles. The van der Waals surface area contributed by atoms with E-state index in [-0.39, 0.29) is 0 Å². The molecule has 2 rings (SSSR count). The SMILES string of the molecule is [CH]=CCc1ccc(Oc2ccccc2)cc1. The van der Waals surface area contributed by atoms with Crippen molar-refractivity contribution in [2.75, 3.05) is 0 Å². The van der Waals surface area contributed by atoms with Gasteiger partial charge >= 0.3 is 0 Å². The fraction of sp³-hybridized carbons (Fsp3) is 0.0667. The first-order valence-corrected chi connectivity index (χ1v) is 5.24. The third kappa shape index (κ3) is 2.74. The van der Waals surface area contributed by atoms with Crippen molar-refractivity contribution in [3.63, 3.8) is 0 Å². The van der Waals surface area contributed by atoms with Crippen LogP contribution in [-0.2, 0) is 6.42 Å². The molecule has 0 aliphatic carbocycles. The predicted octanol–water partition coefficient (Wildman–Crippen LogP) is 4.01. The summed E-state index contributed by atoms with van der Waals surface area (Å²) in [6, 6.07) is 17.7. The molecule has 0 atom stereocenters. The molecule has 0 heterocycles. The Morgan fingerprint density at radius 2 is 1.50 bits per heavy atom. The van der Waals surface area contributed by atoms with Crippen LogP contribution in [-0.4, -0.2) is 0 Å². The van der Waals surface area contributed by atoms with Crippen LogP contribution in [0.25, 0.3) is 0 Å². The standard InChI is InChI=1S/C15H13O/c1-2-6-13-9-11-15(12-10-13)16-14-7-4-3-5-8-14/h1-5,7-12H,6H2. The van der Waals surface area contributed by atoms with E-state index in [1.165, 1.54) is 5.56 Å². The van der Waals surface area contributed by atoms with Crippen LogP contribution < -0.4 is 4.74 Å². The number of benzene rings is 2. The molecule has 0 spiro atoms. The third-order valence-electron chi connectivity index (χ3n) is 2.26. The maximum Gasteiger partial charge on any atom is 0.127 e. The summed E-state index contributed by atoms with van der Waals surface area (Å²) in [6.07, 6.45) is 2.43. The predicted molar refractivity (Wildman–Crippen MR) is 65.5 cm³/mol. The van der Waals surface area contributed by atoms with Crippen molar-refractivity contribution >= 4 is 0 Å². The van der Waals surface area contributed by atoms with Crippen molar-refractivity contribution in [3.8, 4) is 11.5 Å². The molecule has 1 nitrogen and oxygen atoms in total.